The third kappa shape index (κ3) is 6.13. The number of rotatable bonds is 9. The first-order valence-electron chi connectivity index (χ1n) is 6.75. The summed E-state index contributed by atoms with van der Waals surface area (Å²) < 4.78 is 32.5. The summed E-state index contributed by atoms with van der Waals surface area (Å²) in [6, 6.07) is 8.92. The van der Waals surface area contributed by atoms with Gasteiger partial charge in [-0.1, -0.05) is 30.3 Å². The molecule has 120 valence electrons. The van der Waals surface area contributed by atoms with Crippen molar-refractivity contribution in [2.24, 2.45) is 4.52 Å². The largest absolute Gasteiger partial charge is 0.466 e. The maximum absolute atomic E-state index is 11.9. The average molecular weight is 326 g/mol. The molecule has 0 fully saturated rings. The van der Waals surface area contributed by atoms with Crippen molar-refractivity contribution >= 4 is 16.2 Å². The van der Waals surface area contributed by atoms with Crippen LogP contribution in [0.5, 0.6) is 0 Å². The highest BCUT2D eigenvalue weighted by Gasteiger charge is 2.21. The lowest BCUT2D eigenvalue weighted by Gasteiger charge is -2.19. The Morgan fingerprint density at radius 3 is 2.64 bits per heavy atom. The molecule has 0 N–H and O–H groups in total. The molecule has 22 heavy (non-hydrogen) atoms. The van der Waals surface area contributed by atoms with Gasteiger partial charge in [0, 0.05) is 28.9 Å². The Balaban J connectivity index is 2.75. The molecule has 1 aromatic carbocycles. The van der Waals surface area contributed by atoms with E-state index >= 15 is 0 Å². The lowest BCUT2D eigenvalue weighted by Crippen LogP contribution is -2.30. The fourth-order valence-electron chi connectivity index (χ4n) is 1.79. The van der Waals surface area contributed by atoms with Crippen LogP contribution in [0.3, 0.4) is 0 Å². The maximum atomic E-state index is 11.9. The third-order valence-electron chi connectivity index (χ3n) is 2.76. The highest BCUT2D eigenvalue weighted by molar-refractivity contribution is 7.87. The summed E-state index contributed by atoms with van der Waals surface area (Å²) in [7, 11) is -4.09. The molecule has 0 amide bonds. The van der Waals surface area contributed by atoms with E-state index < -0.39 is 10.2 Å². The molecule has 0 aromatic heterocycles. The van der Waals surface area contributed by atoms with Gasteiger partial charge in [0.2, 0.25) is 0 Å². The summed E-state index contributed by atoms with van der Waals surface area (Å²) in [5.74, 6) is -0.386. The van der Waals surface area contributed by atoms with Crippen molar-refractivity contribution < 1.29 is 17.9 Å². The van der Waals surface area contributed by atoms with Crippen LogP contribution in [-0.2, 0) is 26.3 Å². The standard InChI is InChI=1S/C13H18N4O4S/c1-2-21-13(18)9-6-10-17(22(19,20)16-15-14)11-12-7-4-3-5-8-12/h3-5,7-8H,2,6,9-11H2,1H3. The molecule has 1 aromatic rings. The zero-order valence-corrected chi connectivity index (χ0v) is 13.1. The molecular formula is C13H18N4O4S. The van der Waals surface area contributed by atoms with Gasteiger partial charge in [0.1, 0.15) is 0 Å². The molecule has 0 aliphatic rings. The van der Waals surface area contributed by atoms with Crippen LogP contribution in [0, 0.1) is 0 Å². The molecule has 1 rings (SSSR count). The normalized spacial score (nSPS) is 11.0. The number of benzene rings is 1. The molecule has 0 radical (unpaired) electrons. The zero-order valence-electron chi connectivity index (χ0n) is 12.3. The molecule has 8 nitrogen and oxygen atoms in total. The summed E-state index contributed by atoms with van der Waals surface area (Å²) in [5.41, 5.74) is 9.14. The Hall–Kier alpha value is -2.09. The van der Waals surface area contributed by atoms with Gasteiger partial charge >= 0.3 is 16.2 Å². The van der Waals surface area contributed by atoms with Crippen molar-refractivity contribution in [3.63, 3.8) is 0 Å². The topological polar surface area (TPSA) is 112 Å². The molecule has 0 aliphatic heterocycles. The number of hydrogen-bond donors (Lipinski definition) is 0. The van der Waals surface area contributed by atoms with E-state index in [0.717, 1.165) is 9.87 Å². The van der Waals surface area contributed by atoms with E-state index in [1.165, 1.54) is 0 Å². The van der Waals surface area contributed by atoms with Gasteiger partial charge in [0.25, 0.3) is 0 Å². The molecular weight excluding hydrogens is 308 g/mol. The SMILES string of the molecule is CCOC(=O)CCCN(Cc1ccccc1)S(=O)(=O)N=[N+]=[N-]. The summed E-state index contributed by atoms with van der Waals surface area (Å²) >= 11 is 0. The summed E-state index contributed by atoms with van der Waals surface area (Å²) in [6.07, 6.45) is 0.386. The number of nitrogens with zero attached hydrogens (tertiary/aromatic N) is 4. The first kappa shape index (κ1) is 18.0. The Morgan fingerprint density at radius 1 is 1.36 bits per heavy atom. The van der Waals surface area contributed by atoms with Gasteiger partial charge in [0.05, 0.1) is 6.61 Å². The Labute approximate surface area is 129 Å². The first-order valence-corrected chi connectivity index (χ1v) is 8.15. The molecule has 0 heterocycles. The smallest absolute Gasteiger partial charge is 0.305 e. The minimum absolute atomic E-state index is 0.0645. The van der Waals surface area contributed by atoms with E-state index in [-0.39, 0.29) is 38.5 Å². The Kier molecular flexibility index (Phi) is 7.38. The maximum Gasteiger partial charge on any atom is 0.305 e. The molecule has 0 spiro atoms. The van der Waals surface area contributed by atoms with E-state index in [1.807, 2.05) is 6.07 Å². The van der Waals surface area contributed by atoms with Gasteiger partial charge < -0.3 is 4.74 Å². The second-order valence-electron chi connectivity index (χ2n) is 4.38. The zero-order chi connectivity index (χ0) is 16.4. The van der Waals surface area contributed by atoms with E-state index in [2.05, 4.69) is 9.43 Å². The molecule has 0 saturated heterocycles. The van der Waals surface area contributed by atoms with Crippen molar-refractivity contribution in [3.8, 4) is 0 Å². The number of carbonyl (C=O) groups excluding carboxylic acids is 1. The Bertz CT molecular complexity index is 627. The van der Waals surface area contributed by atoms with Crippen molar-refractivity contribution in [1.82, 2.24) is 4.31 Å². The monoisotopic (exact) mass is 326 g/mol. The van der Waals surface area contributed by atoms with Crippen LogP contribution in [0.4, 0.5) is 0 Å². The summed E-state index contributed by atoms with van der Waals surface area (Å²) in [5, 5.41) is 0. The lowest BCUT2D eigenvalue weighted by atomic mass is 10.2. The van der Waals surface area contributed by atoms with Gasteiger partial charge in [-0.2, -0.15) is 4.31 Å². The van der Waals surface area contributed by atoms with Gasteiger partial charge in [-0.3, -0.25) is 4.79 Å². The van der Waals surface area contributed by atoms with E-state index in [4.69, 9.17) is 10.3 Å². The summed E-state index contributed by atoms with van der Waals surface area (Å²) in [4.78, 5) is 13.6. The van der Waals surface area contributed by atoms with Crippen molar-refractivity contribution in [2.75, 3.05) is 13.2 Å². The fourth-order valence-corrected chi connectivity index (χ4v) is 2.66. The molecule has 0 aliphatic carbocycles. The fraction of sp³-hybridized carbons (Fsp3) is 0.462. The van der Waals surface area contributed by atoms with Crippen molar-refractivity contribution in [3.05, 3.63) is 46.3 Å². The average Bonchev–Trinajstić information content (AvgIpc) is 2.47. The van der Waals surface area contributed by atoms with Crippen LogP contribution in [0.15, 0.2) is 34.9 Å². The third-order valence-corrected chi connectivity index (χ3v) is 4.01. The predicted octanol–water partition coefficient (Wildman–Crippen LogP) is 2.39. The second-order valence-corrected chi connectivity index (χ2v) is 5.95. The summed E-state index contributed by atoms with van der Waals surface area (Å²) in [6.45, 7) is 2.12. The number of hydrogen-bond acceptors (Lipinski definition) is 4. The predicted molar refractivity (Wildman–Crippen MR) is 80.8 cm³/mol. The number of carbonyl (C=O) groups is 1. The molecule has 0 bridgehead atoms. The second kappa shape index (κ2) is 9.04. The van der Waals surface area contributed by atoms with Crippen LogP contribution in [-0.4, -0.2) is 31.8 Å². The van der Waals surface area contributed by atoms with E-state index in [0.29, 0.717) is 0 Å². The lowest BCUT2D eigenvalue weighted by molar-refractivity contribution is -0.143. The minimum atomic E-state index is -4.09. The van der Waals surface area contributed by atoms with Crippen molar-refractivity contribution in [1.29, 1.82) is 0 Å². The van der Waals surface area contributed by atoms with Crippen LogP contribution in [0.2, 0.25) is 0 Å². The van der Waals surface area contributed by atoms with Crippen LogP contribution < -0.4 is 0 Å². The van der Waals surface area contributed by atoms with Crippen LogP contribution >= 0.6 is 0 Å². The van der Waals surface area contributed by atoms with Gasteiger partial charge in [0.15, 0.2) is 0 Å². The van der Waals surface area contributed by atoms with Gasteiger partial charge in [-0.15, -0.1) is 0 Å². The molecule has 0 unspecified atom stereocenters. The van der Waals surface area contributed by atoms with Crippen molar-refractivity contribution in [2.45, 2.75) is 26.3 Å². The molecule has 0 saturated carbocycles. The highest BCUT2D eigenvalue weighted by Crippen LogP contribution is 2.12. The van der Waals surface area contributed by atoms with E-state index in [9.17, 15) is 13.2 Å². The van der Waals surface area contributed by atoms with E-state index in [1.54, 1.807) is 31.2 Å². The number of azide groups is 1. The Morgan fingerprint density at radius 2 is 2.05 bits per heavy atom. The molecule has 9 heteroatoms. The first-order chi connectivity index (χ1) is 10.5. The number of esters is 1. The van der Waals surface area contributed by atoms with Gasteiger partial charge in [-0.05, 0) is 24.4 Å². The number of ether oxygens (including phenoxy) is 1. The highest BCUT2D eigenvalue weighted by atomic mass is 32.2. The van der Waals surface area contributed by atoms with Crippen LogP contribution in [0.1, 0.15) is 25.3 Å². The molecule has 0 atom stereocenters. The van der Waals surface area contributed by atoms with Crippen LogP contribution in [0.25, 0.3) is 10.4 Å². The van der Waals surface area contributed by atoms with Gasteiger partial charge in [-0.25, -0.2) is 8.42 Å². The quantitative estimate of drug-likeness (QED) is 0.300. The minimum Gasteiger partial charge on any atom is -0.466 e.